The molecule has 0 saturated carbocycles. The number of fused-ring (bicyclic) bond motifs is 4. The first-order valence-electron chi connectivity index (χ1n) is 9.10. The summed E-state index contributed by atoms with van der Waals surface area (Å²) >= 11 is 0.261. The van der Waals surface area contributed by atoms with Crippen LogP contribution in [0.15, 0.2) is 78.9 Å². The molecule has 4 aromatic carbocycles. The molecule has 6 rings (SSSR count). The van der Waals surface area contributed by atoms with Crippen LogP contribution in [0, 0.1) is 6.92 Å². The van der Waals surface area contributed by atoms with E-state index in [2.05, 4.69) is 85.8 Å². The topological polar surface area (TPSA) is 0 Å². The first-order chi connectivity index (χ1) is 13.2. The third-order valence-electron chi connectivity index (χ3n) is 5.25. The van der Waals surface area contributed by atoms with Crippen molar-refractivity contribution >= 4 is 74.9 Å². The summed E-state index contributed by atoms with van der Waals surface area (Å²) in [5.41, 5.74) is 1.37. The van der Waals surface area contributed by atoms with Gasteiger partial charge in [-0.15, -0.1) is 0 Å². The molecule has 6 aromatic rings. The van der Waals surface area contributed by atoms with Crippen molar-refractivity contribution in [2.24, 2.45) is 0 Å². The summed E-state index contributed by atoms with van der Waals surface area (Å²) in [6, 6.07) is 30.1. The summed E-state index contributed by atoms with van der Waals surface area (Å²) in [6.07, 6.45) is 0. The molecule has 0 fully saturated rings. The molecule has 0 nitrogen and oxygen atoms in total. The quantitative estimate of drug-likeness (QED) is 0.173. The van der Waals surface area contributed by atoms with Gasteiger partial charge in [0.1, 0.15) is 0 Å². The number of hydrogen-bond acceptors (Lipinski definition) is 0. The van der Waals surface area contributed by atoms with Crippen molar-refractivity contribution in [3.05, 3.63) is 82.4 Å². The Hall–Kier alpha value is -1.81. The van der Waals surface area contributed by atoms with Crippen LogP contribution in [-0.2, 0) is 0 Å². The fourth-order valence-corrected chi connectivity index (χ4v) is 8.98. The van der Waals surface area contributed by atoms with Gasteiger partial charge in [0.25, 0.3) is 0 Å². The van der Waals surface area contributed by atoms with Crippen molar-refractivity contribution in [2.75, 3.05) is 0 Å². The fraction of sp³-hybridized carbons (Fsp3) is 0.0400. The van der Waals surface area contributed by atoms with Crippen LogP contribution in [0.5, 0.6) is 0 Å². The summed E-state index contributed by atoms with van der Waals surface area (Å²) in [5, 5.41) is 8.38. The Morgan fingerprint density at radius 1 is 0.630 bits per heavy atom. The molecule has 0 unspecified atom stereocenters. The molecule has 0 spiro atoms. The molecule has 0 atom stereocenters. The standard InChI is InChI=1S/C25H16SeTe/c1-15-7-22-11-18-8-19-12-24-21(10-17(19)9-20(18)14-25(22)27-15)13-23(26-24)16-5-3-2-4-6-16/h2-14H,1H3. The Morgan fingerprint density at radius 2 is 1.30 bits per heavy atom. The van der Waals surface area contributed by atoms with Crippen LogP contribution < -0.4 is 0 Å². The second kappa shape index (κ2) is 6.10. The van der Waals surface area contributed by atoms with Crippen LogP contribution >= 0.6 is 0 Å². The zero-order valence-corrected chi connectivity index (χ0v) is 18.9. The van der Waals surface area contributed by atoms with E-state index < -0.39 is 0 Å². The first kappa shape index (κ1) is 16.2. The molecule has 0 aliphatic rings. The van der Waals surface area contributed by atoms with E-state index >= 15 is 0 Å². The molecule has 0 aliphatic carbocycles. The molecule has 2 heteroatoms. The Balaban J connectivity index is 1.61. The van der Waals surface area contributed by atoms with Gasteiger partial charge in [-0.3, -0.25) is 0 Å². The number of aryl methyl sites for hydroxylation is 1. The van der Waals surface area contributed by atoms with Gasteiger partial charge in [0.15, 0.2) is 0 Å². The average molecular weight is 523 g/mol. The minimum absolute atomic E-state index is 0.131. The van der Waals surface area contributed by atoms with Gasteiger partial charge in [-0.2, -0.15) is 0 Å². The van der Waals surface area contributed by atoms with Crippen LogP contribution in [0.3, 0.4) is 0 Å². The van der Waals surface area contributed by atoms with Crippen molar-refractivity contribution < 1.29 is 0 Å². The van der Waals surface area contributed by atoms with Crippen molar-refractivity contribution in [3.8, 4) is 10.0 Å². The number of benzene rings is 4. The Bertz CT molecular complexity index is 1380. The molecule has 0 saturated heterocycles. The van der Waals surface area contributed by atoms with Crippen LogP contribution in [0.1, 0.15) is 3.58 Å². The van der Waals surface area contributed by atoms with Gasteiger partial charge in [-0.1, -0.05) is 0 Å². The number of rotatable bonds is 1. The normalized spacial score (nSPS) is 11.9. The molecule has 0 aliphatic heterocycles. The van der Waals surface area contributed by atoms with E-state index in [1.165, 1.54) is 46.6 Å². The molecular formula is C25H16SeTe. The van der Waals surface area contributed by atoms with Crippen LogP contribution in [-0.4, -0.2) is 34.9 Å². The monoisotopic (exact) mass is 526 g/mol. The van der Waals surface area contributed by atoms with Crippen LogP contribution in [0.25, 0.3) is 50.0 Å². The molecule has 27 heavy (non-hydrogen) atoms. The molecule has 0 amide bonds. The van der Waals surface area contributed by atoms with E-state index in [1.807, 2.05) is 0 Å². The van der Waals surface area contributed by atoms with E-state index in [-0.39, 0.29) is 20.4 Å². The van der Waals surface area contributed by atoms with Crippen molar-refractivity contribution in [1.82, 2.24) is 0 Å². The summed E-state index contributed by atoms with van der Waals surface area (Å²) in [6.45, 7) is 2.28. The molecule has 128 valence electrons. The van der Waals surface area contributed by atoms with Crippen LogP contribution in [0.4, 0.5) is 0 Å². The number of hydrogen-bond donors (Lipinski definition) is 0. The summed E-state index contributed by atoms with van der Waals surface area (Å²) in [4.78, 5) is 0. The average Bonchev–Trinajstić information content (AvgIpc) is 3.24. The molecule has 0 N–H and O–H groups in total. The van der Waals surface area contributed by atoms with Gasteiger partial charge >= 0.3 is 174 Å². The van der Waals surface area contributed by atoms with E-state index in [0.29, 0.717) is 14.5 Å². The molecule has 2 aromatic heterocycles. The maximum absolute atomic E-state index is 2.45. The predicted octanol–water partition coefficient (Wildman–Crippen LogP) is 6.39. The second-order valence-electron chi connectivity index (χ2n) is 7.16. The van der Waals surface area contributed by atoms with Gasteiger partial charge in [0, 0.05) is 0 Å². The van der Waals surface area contributed by atoms with Gasteiger partial charge in [-0.25, -0.2) is 0 Å². The molecule has 0 radical (unpaired) electrons. The summed E-state index contributed by atoms with van der Waals surface area (Å²) in [5.74, 6) is 0. The van der Waals surface area contributed by atoms with E-state index in [4.69, 9.17) is 0 Å². The Labute approximate surface area is 173 Å². The molecule has 2 heterocycles. The first-order valence-corrected chi connectivity index (χ1v) is 13.1. The predicted molar refractivity (Wildman–Crippen MR) is 121 cm³/mol. The Kier molecular flexibility index (Phi) is 3.65. The van der Waals surface area contributed by atoms with Crippen LogP contribution in [0.2, 0.25) is 0 Å². The Morgan fingerprint density at radius 3 is 2.11 bits per heavy atom. The fourth-order valence-electron chi connectivity index (χ4n) is 3.95. The third kappa shape index (κ3) is 2.72. The maximum atomic E-state index is 2.45. The molecular weight excluding hydrogens is 507 g/mol. The SMILES string of the molecule is Cc1cc2cc3cc4cc5[se]c(-c6ccccc6)cc5cc4cc3cc2[te]1. The van der Waals surface area contributed by atoms with E-state index in [0.717, 1.165) is 0 Å². The zero-order valence-electron chi connectivity index (χ0n) is 14.8. The summed E-state index contributed by atoms with van der Waals surface area (Å²) < 4.78 is 6.19. The van der Waals surface area contributed by atoms with Crippen molar-refractivity contribution in [3.63, 3.8) is 0 Å². The van der Waals surface area contributed by atoms with Crippen molar-refractivity contribution in [2.45, 2.75) is 6.92 Å². The zero-order chi connectivity index (χ0) is 18.0. The minimum atomic E-state index is -0.131. The molecule has 0 bridgehead atoms. The van der Waals surface area contributed by atoms with Gasteiger partial charge < -0.3 is 0 Å². The third-order valence-corrected chi connectivity index (χ3v) is 10.5. The summed E-state index contributed by atoms with van der Waals surface area (Å²) in [7, 11) is 0. The van der Waals surface area contributed by atoms with E-state index in [9.17, 15) is 0 Å². The van der Waals surface area contributed by atoms with Crippen molar-refractivity contribution in [1.29, 1.82) is 0 Å². The van der Waals surface area contributed by atoms with E-state index in [1.54, 1.807) is 6.98 Å². The van der Waals surface area contributed by atoms with Gasteiger partial charge in [-0.05, 0) is 0 Å². The van der Waals surface area contributed by atoms with Gasteiger partial charge in [0.2, 0.25) is 0 Å². The second-order valence-corrected chi connectivity index (χ2v) is 13.1. The van der Waals surface area contributed by atoms with Gasteiger partial charge in [0.05, 0.1) is 0 Å².